The quantitative estimate of drug-likeness (QED) is 0.163. The van der Waals surface area contributed by atoms with Crippen molar-refractivity contribution < 1.29 is 0 Å². The van der Waals surface area contributed by atoms with E-state index in [0.29, 0.717) is 0 Å². The number of imidazole rings is 1. The maximum absolute atomic E-state index is 5.41. The van der Waals surface area contributed by atoms with Gasteiger partial charge in [0.05, 0.1) is 22.1 Å². The molecule has 196 valence electrons. The molecule has 0 bridgehead atoms. The number of hydrogen-bond donors (Lipinski definition) is 0. The van der Waals surface area contributed by atoms with E-state index < -0.39 is 0 Å². The number of aryl methyl sites for hydroxylation is 1. The predicted molar refractivity (Wildman–Crippen MR) is 175 cm³/mol. The van der Waals surface area contributed by atoms with Gasteiger partial charge in [0.1, 0.15) is 5.82 Å². The predicted octanol–water partition coefficient (Wildman–Crippen LogP) is 9.46. The fraction of sp³-hybridized carbons (Fsp3) is 0.0263. The molecule has 6 aromatic carbocycles. The summed E-state index contributed by atoms with van der Waals surface area (Å²) in [6.07, 6.45) is 3.67. The van der Waals surface area contributed by atoms with Crippen molar-refractivity contribution in [2.75, 3.05) is 0 Å². The smallest absolute Gasteiger partial charge is 0.142 e. The van der Waals surface area contributed by atoms with Crippen LogP contribution in [0.5, 0.6) is 0 Å². The average Bonchev–Trinajstić information content (AvgIpc) is 3.40. The number of aromatic nitrogens is 4. The molecule has 42 heavy (non-hydrogen) atoms. The van der Waals surface area contributed by atoms with Crippen molar-refractivity contribution in [2.24, 2.45) is 7.05 Å². The van der Waals surface area contributed by atoms with Crippen LogP contribution in [0.3, 0.4) is 0 Å². The van der Waals surface area contributed by atoms with E-state index in [4.69, 9.17) is 15.0 Å². The van der Waals surface area contributed by atoms with E-state index in [0.717, 1.165) is 44.2 Å². The molecule has 0 aliphatic carbocycles. The molecule has 4 heteroatoms. The summed E-state index contributed by atoms with van der Waals surface area (Å²) >= 11 is 0. The van der Waals surface area contributed by atoms with Crippen molar-refractivity contribution in [1.82, 2.24) is 19.5 Å². The van der Waals surface area contributed by atoms with Crippen LogP contribution in [-0.2, 0) is 7.05 Å². The molecule has 3 heterocycles. The summed E-state index contributed by atoms with van der Waals surface area (Å²) in [4.78, 5) is 14.9. The summed E-state index contributed by atoms with van der Waals surface area (Å²) in [5, 5.41) is 9.36. The number of hydrogen-bond acceptors (Lipinski definition) is 3. The first-order valence-electron chi connectivity index (χ1n) is 14.2. The lowest BCUT2D eigenvalue weighted by Gasteiger charge is -2.18. The number of fused-ring (bicyclic) bond motifs is 9. The summed E-state index contributed by atoms with van der Waals surface area (Å²) in [6.45, 7) is 0. The molecule has 0 saturated carbocycles. The second-order valence-electron chi connectivity index (χ2n) is 10.9. The molecule has 0 spiro atoms. The van der Waals surface area contributed by atoms with Crippen LogP contribution in [0.2, 0.25) is 0 Å². The Balaban J connectivity index is 1.47. The van der Waals surface area contributed by atoms with E-state index >= 15 is 0 Å². The number of rotatable bonds is 2. The van der Waals surface area contributed by atoms with Gasteiger partial charge in [0.25, 0.3) is 0 Å². The first kappa shape index (κ1) is 23.1. The molecule has 0 unspecified atom stereocenters. The molecular weight excluding hydrogens is 512 g/mol. The third-order valence-electron chi connectivity index (χ3n) is 8.66. The van der Waals surface area contributed by atoms with E-state index in [9.17, 15) is 0 Å². The molecule has 0 saturated heterocycles. The first-order valence-corrected chi connectivity index (χ1v) is 14.2. The van der Waals surface area contributed by atoms with Gasteiger partial charge in [0.15, 0.2) is 0 Å². The Morgan fingerprint density at radius 2 is 0.976 bits per heavy atom. The Kier molecular flexibility index (Phi) is 4.79. The molecule has 9 aromatic rings. The second kappa shape index (κ2) is 8.69. The van der Waals surface area contributed by atoms with Gasteiger partial charge in [-0.2, -0.15) is 0 Å². The number of benzene rings is 6. The fourth-order valence-electron chi connectivity index (χ4n) is 6.89. The van der Waals surface area contributed by atoms with Crippen LogP contribution < -0.4 is 0 Å². The van der Waals surface area contributed by atoms with Gasteiger partial charge in [-0.1, -0.05) is 91.0 Å². The van der Waals surface area contributed by atoms with Crippen molar-refractivity contribution in [3.63, 3.8) is 0 Å². The van der Waals surface area contributed by atoms with Gasteiger partial charge >= 0.3 is 0 Å². The highest BCUT2D eigenvalue weighted by Gasteiger charge is 2.23. The lowest BCUT2D eigenvalue weighted by Crippen LogP contribution is -1.97. The zero-order chi connectivity index (χ0) is 27.8. The Bertz CT molecular complexity index is 2480. The van der Waals surface area contributed by atoms with E-state index in [1.54, 1.807) is 0 Å². The first-order chi connectivity index (χ1) is 20.8. The van der Waals surface area contributed by atoms with E-state index in [2.05, 4.69) is 115 Å². The SMILES string of the molecule is Cn1c(-c2c3ccccc3c(-c3cccc4ccccc34)c3ccccc23)nc2c3cccnc3c3ncccc3c21. The summed E-state index contributed by atoms with van der Waals surface area (Å²) in [5.74, 6) is 0.934. The maximum Gasteiger partial charge on any atom is 0.142 e. The van der Waals surface area contributed by atoms with Gasteiger partial charge in [-0.15, -0.1) is 0 Å². The molecule has 0 radical (unpaired) electrons. The molecule has 0 atom stereocenters. The molecule has 0 fully saturated rings. The van der Waals surface area contributed by atoms with Gasteiger partial charge in [0.2, 0.25) is 0 Å². The Hall–Kier alpha value is -5.61. The monoisotopic (exact) mass is 536 g/mol. The molecule has 0 aliphatic heterocycles. The van der Waals surface area contributed by atoms with Crippen molar-refractivity contribution in [3.05, 3.63) is 128 Å². The second-order valence-corrected chi connectivity index (χ2v) is 10.9. The normalized spacial score (nSPS) is 11.9. The minimum Gasteiger partial charge on any atom is -0.326 e. The van der Waals surface area contributed by atoms with Gasteiger partial charge in [-0.05, 0) is 67.7 Å². The third-order valence-corrected chi connectivity index (χ3v) is 8.66. The molecule has 3 aromatic heterocycles. The van der Waals surface area contributed by atoms with Crippen molar-refractivity contribution in [2.45, 2.75) is 0 Å². The minimum atomic E-state index is 0.881. The van der Waals surface area contributed by atoms with Crippen molar-refractivity contribution in [1.29, 1.82) is 0 Å². The highest BCUT2D eigenvalue weighted by atomic mass is 15.1. The highest BCUT2D eigenvalue weighted by molar-refractivity contribution is 6.25. The van der Waals surface area contributed by atoms with Crippen LogP contribution in [0.15, 0.2) is 128 Å². The van der Waals surface area contributed by atoms with E-state index in [-0.39, 0.29) is 0 Å². The molecule has 4 nitrogen and oxygen atoms in total. The van der Waals surface area contributed by atoms with Crippen molar-refractivity contribution in [3.8, 4) is 22.5 Å². The van der Waals surface area contributed by atoms with Crippen molar-refractivity contribution >= 4 is 65.2 Å². The van der Waals surface area contributed by atoms with Crippen LogP contribution >= 0.6 is 0 Å². The van der Waals surface area contributed by atoms with Gasteiger partial charge < -0.3 is 4.57 Å². The topological polar surface area (TPSA) is 43.6 Å². The maximum atomic E-state index is 5.41. The minimum absolute atomic E-state index is 0.881. The van der Waals surface area contributed by atoms with E-state index in [1.807, 2.05) is 24.5 Å². The van der Waals surface area contributed by atoms with Crippen LogP contribution in [0.4, 0.5) is 0 Å². The van der Waals surface area contributed by atoms with Gasteiger partial charge in [-0.3, -0.25) is 9.97 Å². The molecular formula is C38H24N4. The van der Waals surface area contributed by atoms with Gasteiger partial charge in [-0.25, -0.2) is 4.98 Å². The number of pyridine rings is 2. The van der Waals surface area contributed by atoms with Crippen LogP contribution in [-0.4, -0.2) is 19.5 Å². The Morgan fingerprint density at radius 3 is 1.67 bits per heavy atom. The summed E-state index contributed by atoms with van der Waals surface area (Å²) in [5.41, 5.74) is 7.43. The zero-order valence-electron chi connectivity index (χ0n) is 22.9. The summed E-state index contributed by atoms with van der Waals surface area (Å²) < 4.78 is 2.25. The van der Waals surface area contributed by atoms with Crippen LogP contribution in [0.1, 0.15) is 0 Å². The standard InChI is InChI=1S/C38H24N4/c1-42-37-31-20-10-22-40-35(31)34-30(19-9-21-39-34)36(37)41-38(42)33-28-16-6-4-14-26(28)32(27-15-5-7-17-29(27)33)25-18-8-12-23-11-2-3-13-24(23)25/h2-22H,1H3. The lowest BCUT2D eigenvalue weighted by molar-refractivity contribution is 0.965. The molecule has 9 rings (SSSR count). The molecule has 0 N–H and O–H groups in total. The average molecular weight is 537 g/mol. The van der Waals surface area contributed by atoms with Crippen LogP contribution in [0.25, 0.3) is 87.7 Å². The lowest BCUT2D eigenvalue weighted by atomic mass is 9.86. The third kappa shape index (κ3) is 3.09. The fourth-order valence-corrected chi connectivity index (χ4v) is 6.89. The van der Waals surface area contributed by atoms with E-state index in [1.165, 1.54) is 43.4 Å². The number of nitrogens with zero attached hydrogens (tertiary/aromatic N) is 4. The molecule has 0 amide bonds. The summed E-state index contributed by atoms with van der Waals surface area (Å²) in [6, 6.07) is 41.0. The largest absolute Gasteiger partial charge is 0.326 e. The van der Waals surface area contributed by atoms with Crippen LogP contribution in [0, 0.1) is 0 Å². The van der Waals surface area contributed by atoms with Gasteiger partial charge in [0, 0.05) is 35.8 Å². The zero-order valence-corrected chi connectivity index (χ0v) is 22.9. The Morgan fingerprint density at radius 1 is 0.452 bits per heavy atom. The molecule has 0 aliphatic rings. The Labute approximate surface area is 241 Å². The summed E-state index contributed by atoms with van der Waals surface area (Å²) in [7, 11) is 2.13. The highest BCUT2D eigenvalue weighted by Crippen LogP contribution is 2.46.